The Morgan fingerprint density at radius 1 is 1.30 bits per heavy atom. The first kappa shape index (κ1) is 14.7. The van der Waals surface area contributed by atoms with Gasteiger partial charge in [-0.05, 0) is 31.0 Å². The largest absolute Gasteiger partial charge is 0.481 e. The number of amides is 1. The number of halogens is 1. The fourth-order valence-corrected chi connectivity index (χ4v) is 2.82. The van der Waals surface area contributed by atoms with Crippen molar-refractivity contribution >= 4 is 29.2 Å². The molecule has 0 radical (unpaired) electrons. The average Bonchev–Trinajstić information content (AvgIpc) is 2.41. The van der Waals surface area contributed by atoms with Gasteiger partial charge in [0.15, 0.2) is 0 Å². The van der Waals surface area contributed by atoms with Crippen molar-refractivity contribution in [2.75, 3.05) is 5.32 Å². The minimum Gasteiger partial charge on any atom is -0.481 e. The summed E-state index contributed by atoms with van der Waals surface area (Å²) in [6, 6.07) is 4.61. The summed E-state index contributed by atoms with van der Waals surface area (Å²) in [6.07, 6.45) is 3.30. The Balaban J connectivity index is 2.24. The van der Waals surface area contributed by atoms with E-state index in [0.717, 1.165) is 19.3 Å². The van der Waals surface area contributed by atoms with Crippen molar-refractivity contribution in [1.82, 2.24) is 0 Å². The number of aliphatic carboxylic acids is 1. The van der Waals surface area contributed by atoms with E-state index >= 15 is 0 Å². The molecule has 0 aliphatic heterocycles. The molecule has 1 aromatic carbocycles. The fourth-order valence-electron chi connectivity index (χ4n) is 2.65. The molecule has 2 rings (SSSR count). The standard InChI is InChI=1S/C14H17ClN2O3/c15-8-5-6-12(10(7-8)13(16)18)17-11-4-2-1-3-9(11)14(19)20/h5-7,9,11,17H,1-4H2,(H2,16,18)(H,19,20). The molecule has 1 amide bonds. The molecule has 1 aromatic rings. The number of rotatable bonds is 4. The Labute approximate surface area is 122 Å². The predicted molar refractivity (Wildman–Crippen MR) is 77.0 cm³/mol. The van der Waals surface area contributed by atoms with Gasteiger partial charge >= 0.3 is 5.97 Å². The summed E-state index contributed by atoms with van der Waals surface area (Å²) < 4.78 is 0. The van der Waals surface area contributed by atoms with E-state index in [1.165, 1.54) is 6.07 Å². The van der Waals surface area contributed by atoms with Crippen LogP contribution in [0.5, 0.6) is 0 Å². The van der Waals surface area contributed by atoms with Crippen LogP contribution >= 0.6 is 11.6 Å². The summed E-state index contributed by atoms with van der Waals surface area (Å²) in [4.78, 5) is 22.7. The molecule has 0 saturated heterocycles. The highest BCUT2D eigenvalue weighted by molar-refractivity contribution is 6.31. The van der Waals surface area contributed by atoms with Crippen LogP contribution in [0.1, 0.15) is 36.0 Å². The Hall–Kier alpha value is -1.75. The average molecular weight is 297 g/mol. The molecule has 0 bridgehead atoms. The van der Waals surface area contributed by atoms with E-state index in [-0.39, 0.29) is 11.6 Å². The van der Waals surface area contributed by atoms with Gasteiger partial charge in [0.1, 0.15) is 0 Å². The second-order valence-electron chi connectivity index (χ2n) is 5.03. The summed E-state index contributed by atoms with van der Waals surface area (Å²) in [7, 11) is 0. The van der Waals surface area contributed by atoms with E-state index in [2.05, 4.69) is 5.32 Å². The molecular weight excluding hydrogens is 280 g/mol. The predicted octanol–water partition coefficient (Wildman–Crippen LogP) is 2.49. The minimum absolute atomic E-state index is 0.194. The third-order valence-corrected chi connectivity index (χ3v) is 3.91. The third-order valence-electron chi connectivity index (χ3n) is 3.67. The maximum absolute atomic E-state index is 11.4. The maximum Gasteiger partial charge on any atom is 0.308 e. The van der Waals surface area contributed by atoms with Gasteiger partial charge in [0, 0.05) is 16.8 Å². The zero-order chi connectivity index (χ0) is 14.7. The molecule has 0 aromatic heterocycles. The number of hydrogen-bond donors (Lipinski definition) is 3. The highest BCUT2D eigenvalue weighted by Gasteiger charge is 2.31. The van der Waals surface area contributed by atoms with Gasteiger partial charge in [0.2, 0.25) is 0 Å². The van der Waals surface area contributed by atoms with Gasteiger partial charge < -0.3 is 16.2 Å². The van der Waals surface area contributed by atoms with Crippen LogP contribution in [0.4, 0.5) is 5.69 Å². The molecule has 4 N–H and O–H groups in total. The van der Waals surface area contributed by atoms with Crippen molar-refractivity contribution < 1.29 is 14.7 Å². The number of anilines is 1. The van der Waals surface area contributed by atoms with Crippen molar-refractivity contribution in [3.05, 3.63) is 28.8 Å². The molecule has 108 valence electrons. The molecular formula is C14H17ClN2O3. The summed E-state index contributed by atoms with van der Waals surface area (Å²) >= 11 is 5.85. The number of carboxylic acids is 1. The summed E-state index contributed by atoms with van der Waals surface area (Å²) in [5.74, 6) is -1.84. The van der Waals surface area contributed by atoms with E-state index in [4.69, 9.17) is 17.3 Å². The first-order valence-electron chi connectivity index (χ1n) is 6.57. The van der Waals surface area contributed by atoms with Gasteiger partial charge in [-0.3, -0.25) is 9.59 Å². The van der Waals surface area contributed by atoms with E-state index < -0.39 is 17.8 Å². The number of nitrogens with one attached hydrogen (secondary N) is 1. The van der Waals surface area contributed by atoms with Gasteiger partial charge in [0.05, 0.1) is 11.5 Å². The monoisotopic (exact) mass is 296 g/mol. The van der Waals surface area contributed by atoms with Crippen LogP contribution in [0, 0.1) is 5.92 Å². The molecule has 2 unspecified atom stereocenters. The topological polar surface area (TPSA) is 92.4 Å². The van der Waals surface area contributed by atoms with Crippen molar-refractivity contribution in [2.24, 2.45) is 11.7 Å². The lowest BCUT2D eigenvalue weighted by Gasteiger charge is -2.30. The van der Waals surface area contributed by atoms with Gasteiger partial charge in [0.25, 0.3) is 5.91 Å². The van der Waals surface area contributed by atoms with Crippen LogP contribution in [-0.2, 0) is 4.79 Å². The van der Waals surface area contributed by atoms with Crippen molar-refractivity contribution in [1.29, 1.82) is 0 Å². The lowest BCUT2D eigenvalue weighted by molar-refractivity contribution is -0.143. The van der Waals surface area contributed by atoms with Crippen molar-refractivity contribution in [3.8, 4) is 0 Å². The molecule has 1 aliphatic rings. The van der Waals surface area contributed by atoms with E-state index in [0.29, 0.717) is 17.1 Å². The van der Waals surface area contributed by atoms with Gasteiger partial charge in [-0.15, -0.1) is 0 Å². The molecule has 20 heavy (non-hydrogen) atoms. The van der Waals surface area contributed by atoms with Gasteiger partial charge in [-0.1, -0.05) is 24.4 Å². The molecule has 0 heterocycles. The van der Waals surface area contributed by atoms with E-state index in [9.17, 15) is 14.7 Å². The van der Waals surface area contributed by atoms with E-state index in [1.54, 1.807) is 12.1 Å². The Bertz CT molecular complexity index is 533. The van der Waals surface area contributed by atoms with Crippen molar-refractivity contribution in [3.63, 3.8) is 0 Å². The quantitative estimate of drug-likeness (QED) is 0.796. The SMILES string of the molecule is NC(=O)c1cc(Cl)ccc1NC1CCCCC1C(=O)O. The summed E-state index contributed by atoms with van der Waals surface area (Å²) in [5, 5.41) is 12.8. The highest BCUT2D eigenvalue weighted by atomic mass is 35.5. The third kappa shape index (κ3) is 3.22. The number of carboxylic acid groups (broad SMARTS) is 1. The lowest BCUT2D eigenvalue weighted by atomic mass is 9.84. The molecule has 1 saturated carbocycles. The van der Waals surface area contributed by atoms with Crippen LogP contribution in [-0.4, -0.2) is 23.0 Å². The Kier molecular flexibility index (Phi) is 4.49. The number of hydrogen-bond acceptors (Lipinski definition) is 3. The van der Waals surface area contributed by atoms with Crippen LogP contribution in [0.25, 0.3) is 0 Å². The minimum atomic E-state index is -0.809. The van der Waals surface area contributed by atoms with Crippen LogP contribution < -0.4 is 11.1 Å². The molecule has 0 spiro atoms. The summed E-state index contributed by atoms with van der Waals surface area (Å²) in [6.45, 7) is 0. The Morgan fingerprint density at radius 2 is 2.00 bits per heavy atom. The normalized spacial score (nSPS) is 22.2. The zero-order valence-corrected chi connectivity index (χ0v) is 11.7. The fraction of sp³-hybridized carbons (Fsp3) is 0.429. The van der Waals surface area contributed by atoms with Crippen LogP contribution in [0.2, 0.25) is 5.02 Å². The first-order valence-corrected chi connectivity index (χ1v) is 6.95. The molecule has 1 aliphatic carbocycles. The van der Waals surface area contributed by atoms with Crippen molar-refractivity contribution in [2.45, 2.75) is 31.7 Å². The highest BCUT2D eigenvalue weighted by Crippen LogP contribution is 2.29. The molecule has 5 nitrogen and oxygen atoms in total. The summed E-state index contributed by atoms with van der Waals surface area (Å²) in [5.41, 5.74) is 6.16. The van der Waals surface area contributed by atoms with Gasteiger partial charge in [-0.2, -0.15) is 0 Å². The first-order chi connectivity index (χ1) is 9.49. The second kappa shape index (κ2) is 6.13. The number of carbonyl (C=O) groups is 2. The number of primary amides is 1. The van der Waals surface area contributed by atoms with Crippen LogP contribution in [0.3, 0.4) is 0 Å². The Morgan fingerprint density at radius 3 is 2.65 bits per heavy atom. The maximum atomic E-state index is 11.4. The zero-order valence-electron chi connectivity index (χ0n) is 10.9. The smallest absolute Gasteiger partial charge is 0.308 e. The van der Waals surface area contributed by atoms with E-state index in [1.807, 2.05) is 0 Å². The number of benzene rings is 1. The molecule has 6 heteroatoms. The second-order valence-corrected chi connectivity index (χ2v) is 5.47. The lowest BCUT2D eigenvalue weighted by Crippen LogP contribution is -2.37. The van der Waals surface area contributed by atoms with Crippen LogP contribution in [0.15, 0.2) is 18.2 Å². The molecule has 2 atom stereocenters. The van der Waals surface area contributed by atoms with Gasteiger partial charge in [-0.25, -0.2) is 0 Å². The molecule has 1 fully saturated rings. The number of carbonyl (C=O) groups excluding carboxylic acids is 1. The number of nitrogens with two attached hydrogens (primary N) is 1.